The maximum absolute atomic E-state index is 12.5. The molecule has 2 saturated carbocycles. The molecule has 0 aliphatic heterocycles. The number of benzene rings is 1. The highest BCUT2D eigenvalue weighted by Crippen LogP contribution is 2.39. The van der Waals surface area contributed by atoms with Crippen LogP contribution in [0.5, 0.6) is 0 Å². The first-order valence-electron chi connectivity index (χ1n) is 11.2. The van der Waals surface area contributed by atoms with Crippen LogP contribution >= 0.6 is 0 Å². The molecule has 0 radical (unpaired) electrons. The van der Waals surface area contributed by atoms with Gasteiger partial charge in [-0.25, -0.2) is 9.97 Å². The van der Waals surface area contributed by atoms with Crippen LogP contribution < -0.4 is 11.1 Å². The van der Waals surface area contributed by atoms with E-state index < -0.39 is 0 Å². The van der Waals surface area contributed by atoms with Gasteiger partial charge in [0, 0.05) is 41.2 Å². The average molecular weight is 415 g/mol. The number of imidazole rings is 1. The number of nitrogens with two attached hydrogens (primary N) is 1. The fourth-order valence-electron chi connectivity index (χ4n) is 4.92. The minimum Gasteiger partial charge on any atom is -0.382 e. The van der Waals surface area contributed by atoms with E-state index in [1.54, 1.807) is 6.20 Å². The molecule has 2 fully saturated rings. The number of aromatic nitrogens is 4. The highest BCUT2D eigenvalue weighted by Gasteiger charge is 2.33. The number of anilines is 1. The van der Waals surface area contributed by atoms with Crippen LogP contribution in [0.3, 0.4) is 0 Å². The van der Waals surface area contributed by atoms with Crippen molar-refractivity contribution in [2.75, 3.05) is 5.73 Å². The fourth-order valence-corrected chi connectivity index (χ4v) is 4.92. The first-order chi connectivity index (χ1) is 15.2. The van der Waals surface area contributed by atoms with Crippen molar-refractivity contribution in [3.63, 3.8) is 0 Å². The van der Waals surface area contributed by atoms with Crippen LogP contribution in [-0.2, 0) is 4.79 Å². The second kappa shape index (κ2) is 7.11. The number of H-pyrrole nitrogens is 1. The quantitative estimate of drug-likeness (QED) is 0.470. The summed E-state index contributed by atoms with van der Waals surface area (Å²) in [6.45, 7) is 0. The monoisotopic (exact) mass is 414 g/mol. The normalized spacial score (nSPS) is 21.5. The van der Waals surface area contributed by atoms with Crippen molar-refractivity contribution >= 4 is 28.1 Å². The molecule has 158 valence electrons. The summed E-state index contributed by atoms with van der Waals surface area (Å²) in [6.07, 6.45) is 9.66. The van der Waals surface area contributed by atoms with Crippen molar-refractivity contribution in [2.24, 2.45) is 5.92 Å². The van der Waals surface area contributed by atoms with E-state index in [1.807, 2.05) is 18.3 Å². The number of nitrogens with one attached hydrogen (secondary N) is 2. The Morgan fingerprint density at radius 2 is 1.94 bits per heavy atom. The molecule has 0 bridgehead atoms. The molecule has 2 aliphatic carbocycles. The Kier molecular flexibility index (Phi) is 4.23. The molecule has 7 heteroatoms. The van der Waals surface area contributed by atoms with Crippen LogP contribution in [0.4, 0.5) is 5.82 Å². The molecule has 0 saturated heterocycles. The summed E-state index contributed by atoms with van der Waals surface area (Å²) in [5.74, 6) is 2.16. The second-order valence-electron chi connectivity index (χ2n) is 8.95. The number of nitrogens with zero attached hydrogens (tertiary/aromatic N) is 3. The Morgan fingerprint density at radius 3 is 2.71 bits per heavy atom. The molecule has 4 N–H and O–H groups in total. The van der Waals surface area contributed by atoms with Crippen molar-refractivity contribution in [2.45, 2.75) is 50.5 Å². The van der Waals surface area contributed by atoms with Gasteiger partial charge in [0.05, 0.1) is 5.69 Å². The summed E-state index contributed by atoms with van der Waals surface area (Å²) >= 11 is 0. The summed E-state index contributed by atoms with van der Waals surface area (Å²) < 4.78 is 2.10. The van der Waals surface area contributed by atoms with Crippen molar-refractivity contribution < 1.29 is 4.79 Å². The van der Waals surface area contributed by atoms with E-state index in [4.69, 9.17) is 10.7 Å². The van der Waals surface area contributed by atoms with Crippen LogP contribution in [0.25, 0.3) is 27.8 Å². The lowest BCUT2D eigenvalue weighted by Crippen LogP contribution is -2.34. The van der Waals surface area contributed by atoms with Crippen molar-refractivity contribution in [1.82, 2.24) is 24.7 Å². The topological polar surface area (TPSA) is 101 Å². The maximum Gasteiger partial charge on any atom is 0.223 e. The van der Waals surface area contributed by atoms with Crippen LogP contribution in [-0.4, -0.2) is 31.3 Å². The molecule has 7 nitrogen and oxygen atoms in total. The van der Waals surface area contributed by atoms with Crippen molar-refractivity contribution in [3.8, 4) is 11.4 Å². The third-order valence-corrected chi connectivity index (χ3v) is 6.78. The first-order valence-corrected chi connectivity index (χ1v) is 11.2. The zero-order valence-electron chi connectivity index (χ0n) is 17.3. The van der Waals surface area contributed by atoms with Gasteiger partial charge in [-0.1, -0.05) is 18.2 Å². The number of carbonyl (C=O) groups is 1. The largest absolute Gasteiger partial charge is 0.382 e. The molecule has 0 atom stereocenters. The van der Waals surface area contributed by atoms with Gasteiger partial charge in [-0.05, 0) is 50.7 Å². The van der Waals surface area contributed by atoms with E-state index in [0.29, 0.717) is 17.8 Å². The molecule has 0 spiro atoms. The van der Waals surface area contributed by atoms with Gasteiger partial charge in [0.15, 0.2) is 0 Å². The van der Waals surface area contributed by atoms with Crippen LogP contribution in [0, 0.1) is 5.92 Å². The smallest absolute Gasteiger partial charge is 0.223 e. The Labute approximate surface area is 180 Å². The minimum absolute atomic E-state index is 0.128. The first kappa shape index (κ1) is 18.4. The van der Waals surface area contributed by atoms with Crippen molar-refractivity contribution in [1.29, 1.82) is 0 Å². The zero-order chi connectivity index (χ0) is 20.9. The molecule has 1 aromatic carbocycles. The van der Waals surface area contributed by atoms with E-state index in [-0.39, 0.29) is 11.8 Å². The van der Waals surface area contributed by atoms with Gasteiger partial charge in [0.2, 0.25) is 5.91 Å². The molecule has 3 heterocycles. The molecule has 1 amide bonds. The number of amides is 1. The van der Waals surface area contributed by atoms with E-state index in [9.17, 15) is 4.79 Å². The molecule has 31 heavy (non-hydrogen) atoms. The Bertz CT molecular complexity index is 1240. The number of nitrogen functional groups attached to an aromatic ring is 1. The molecular formula is C24H26N6O. The van der Waals surface area contributed by atoms with E-state index in [2.05, 4.69) is 37.9 Å². The molecular weight excluding hydrogens is 388 g/mol. The molecule has 2 aliphatic rings. The summed E-state index contributed by atoms with van der Waals surface area (Å²) in [4.78, 5) is 25.3. The zero-order valence-corrected chi connectivity index (χ0v) is 17.3. The van der Waals surface area contributed by atoms with Gasteiger partial charge in [-0.3, -0.25) is 9.20 Å². The number of carbonyl (C=O) groups excluding carboxylic acids is 1. The Balaban J connectivity index is 1.34. The number of fused-ring (bicyclic) bond motifs is 2. The SMILES string of the molecule is Nc1nccn2c(C3CCC(C(=O)NC4CC4)CC3)nc(-c3cc4ccccc4[nH]3)c12. The number of rotatable bonds is 4. The molecule has 0 unspecified atom stereocenters. The summed E-state index contributed by atoms with van der Waals surface area (Å²) in [7, 11) is 0. The lowest BCUT2D eigenvalue weighted by molar-refractivity contribution is -0.126. The maximum atomic E-state index is 12.5. The third-order valence-electron chi connectivity index (χ3n) is 6.78. The fraction of sp³-hybridized carbons (Fsp3) is 0.375. The van der Waals surface area contributed by atoms with Gasteiger partial charge in [0.25, 0.3) is 0 Å². The summed E-state index contributed by atoms with van der Waals surface area (Å²) in [6, 6.07) is 10.7. The van der Waals surface area contributed by atoms with E-state index in [1.165, 1.54) is 0 Å². The van der Waals surface area contributed by atoms with Crippen molar-refractivity contribution in [3.05, 3.63) is 48.5 Å². The minimum atomic E-state index is 0.128. The van der Waals surface area contributed by atoms with Gasteiger partial charge < -0.3 is 16.0 Å². The molecule has 4 aromatic rings. The third kappa shape index (κ3) is 3.24. The number of aromatic amines is 1. The predicted octanol–water partition coefficient (Wildman–Crippen LogP) is 4.01. The molecule has 3 aromatic heterocycles. The highest BCUT2D eigenvalue weighted by molar-refractivity contribution is 5.91. The lowest BCUT2D eigenvalue weighted by atomic mass is 9.81. The van der Waals surface area contributed by atoms with Crippen LogP contribution in [0.15, 0.2) is 42.7 Å². The second-order valence-corrected chi connectivity index (χ2v) is 8.95. The van der Waals surface area contributed by atoms with Crippen LogP contribution in [0.2, 0.25) is 0 Å². The van der Waals surface area contributed by atoms with Gasteiger partial charge >= 0.3 is 0 Å². The van der Waals surface area contributed by atoms with Gasteiger partial charge in [0.1, 0.15) is 22.9 Å². The average Bonchev–Trinajstić information content (AvgIpc) is 3.35. The molecule has 6 rings (SSSR count). The standard InChI is InChI=1S/C24H26N6O/c25-22-21-20(19-13-16-3-1-2-4-18(16)28-19)29-23(30(21)12-11-26-22)14-5-7-15(8-6-14)24(31)27-17-9-10-17/h1-4,11-15,17,28H,5-10H2,(H2,25,26)(H,27,31). The summed E-state index contributed by atoms with van der Waals surface area (Å²) in [5.41, 5.74) is 10.0. The van der Waals surface area contributed by atoms with Gasteiger partial charge in [-0.15, -0.1) is 0 Å². The highest BCUT2D eigenvalue weighted by atomic mass is 16.2. The van der Waals surface area contributed by atoms with E-state index in [0.717, 1.165) is 72.2 Å². The van der Waals surface area contributed by atoms with E-state index >= 15 is 0 Å². The van der Waals surface area contributed by atoms with Crippen LogP contribution in [0.1, 0.15) is 50.3 Å². The lowest BCUT2D eigenvalue weighted by Gasteiger charge is -2.27. The number of hydrogen-bond acceptors (Lipinski definition) is 4. The number of para-hydroxylation sites is 1. The Morgan fingerprint density at radius 1 is 1.13 bits per heavy atom. The summed E-state index contributed by atoms with van der Waals surface area (Å²) in [5, 5.41) is 4.31. The van der Waals surface area contributed by atoms with Gasteiger partial charge in [-0.2, -0.15) is 0 Å². The number of hydrogen-bond donors (Lipinski definition) is 3. The Hall–Kier alpha value is -3.35. The predicted molar refractivity (Wildman–Crippen MR) is 121 cm³/mol.